The second-order valence-electron chi connectivity index (χ2n) is 11.8. The Labute approximate surface area is 240 Å². The predicted octanol–water partition coefficient (Wildman–Crippen LogP) is 9.52. The lowest BCUT2D eigenvalue weighted by molar-refractivity contribution is 0.714. The van der Waals surface area contributed by atoms with Crippen molar-refractivity contribution in [1.82, 2.24) is 4.98 Å². The fourth-order valence-corrected chi connectivity index (χ4v) is 8.99. The fourth-order valence-electron chi connectivity index (χ4n) is 8.62. The molecule has 0 fully saturated rings. The minimum atomic E-state index is -0.274. The van der Waals surface area contributed by atoms with Gasteiger partial charge in [0.25, 0.3) is 0 Å². The van der Waals surface area contributed by atoms with E-state index in [2.05, 4.69) is 129 Å². The number of rotatable bonds is 0. The molecule has 10 rings (SSSR count). The number of halogens is 1. The van der Waals surface area contributed by atoms with Gasteiger partial charge in [-0.25, -0.2) is 0 Å². The Bertz CT molecular complexity index is 2120. The van der Waals surface area contributed by atoms with Gasteiger partial charge in [-0.2, -0.15) is 0 Å². The summed E-state index contributed by atoms with van der Waals surface area (Å²) in [5.41, 5.74) is 16.3. The van der Waals surface area contributed by atoms with Crippen molar-refractivity contribution in [2.75, 3.05) is 5.32 Å². The molecule has 40 heavy (non-hydrogen) atoms. The maximum absolute atomic E-state index is 3.96. The van der Waals surface area contributed by atoms with Crippen LogP contribution in [0.15, 0.2) is 113 Å². The van der Waals surface area contributed by atoms with Crippen LogP contribution in [0.25, 0.3) is 38.5 Å². The van der Waals surface area contributed by atoms with E-state index < -0.39 is 0 Å². The Morgan fingerprint density at radius 1 is 0.825 bits per heavy atom. The van der Waals surface area contributed by atoms with Gasteiger partial charge >= 0.3 is 0 Å². The van der Waals surface area contributed by atoms with Crippen LogP contribution in [0.3, 0.4) is 0 Å². The standard InChI is InChI=1S/C37H25BrN2/c38-20-13-18-32-26(19-20)23-15-17-30-34(36(23)40-32)25-9-2-5-11-28(25)37(30)27-10-4-1-8-24(27)33-29(37)16-14-22-21-7-3-6-12-31(21)39-35(22)33/h1-3,5-9,11-19,21,31,39-40H,4,10H2. The third-order valence-electron chi connectivity index (χ3n) is 10.1. The summed E-state index contributed by atoms with van der Waals surface area (Å²) in [5, 5.41) is 6.52. The quantitative estimate of drug-likeness (QED) is 0.189. The van der Waals surface area contributed by atoms with Crippen molar-refractivity contribution in [3.63, 3.8) is 0 Å². The molecular weight excluding hydrogens is 552 g/mol. The summed E-state index contributed by atoms with van der Waals surface area (Å²) in [5.74, 6) is 0.395. The van der Waals surface area contributed by atoms with Crippen molar-refractivity contribution in [3.05, 3.63) is 141 Å². The lowest BCUT2D eigenvalue weighted by atomic mass is 9.68. The van der Waals surface area contributed by atoms with Gasteiger partial charge in [0.15, 0.2) is 0 Å². The minimum Gasteiger partial charge on any atom is -0.377 e. The van der Waals surface area contributed by atoms with E-state index in [4.69, 9.17) is 0 Å². The highest BCUT2D eigenvalue weighted by atomic mass is 79.9. The Hall–Kier alpha value is -4.08. The van der Waals surface area contributed by atoms with Crippen LogP contribution in [0.4, 0.5) is 5.69 Å². The van der Waals surface area contributed by atoms with Crippen LogP contribution in [0, 0.1) is 0 Å². The molecule has 2 N–H and O–H groups in total. The molecule has 3 atom stereocenters. The highest BCUT2D eigenvalue weighted by Crippen LogP contribution is 2.66. The number of hydrogen-bond acceptors (Lipinski definition) is 1. The maximum atomic E-state index is 3.96. The Kier molecular flexibility index (Phi) is 3.99. The second-order valence-corrected chi connectivity index (χ2v) is 12.7. The first kappa shape index (κ1) is 21.7. The minimum absolute atomic E-state index is 0.274. The van der Waals surface area contributed by atoms with Gasteiger partial charge in [-0.05, 0) is 70.0 Å². The van der Waals surface area contributed by atoms with Crippen LogP contribution in [-0.4, -0.2) is 11.0 Å². The number of benzene rings is 4. The molecule has 0 saturated heterocycles. The lowest BCUT2D eigenvalue weighted by Crippen LogP contribution is -2.27. The smallest absolute Gasteiger partial charge is 0.0690 e. The molecule has 5 aromatic rings. The SMILES string of the molecule is Brc1ccc2[nH]c3c4c(ccc3c2c1)C1(C2=C(C=CCC2)c2c1ccc1c2NC2C=CC=CC12)c1ccccc1-4. The summed E-state index contributed by atoms with van der Waals surface area (Å²) < 4.78 is 1.11. The number of H-pyrrole nitrogens is 1. The van der Waals surface area contributed by atoms with Crippen molar-refractivity contribution >= 4 is 49.0 Å². The summed E-state index contributed by atoms with van der Waals surface area (Å²) in [4.78, 5) is 3.85. The second kappa shape index (κ2) is 7.35. The molecule has 1 spiro atoms. The van der Waals surface area contributed by atoms with Crippen LogP contribution in [0.5, 0.6) is 0 Å². The van der Waals surface area contributed by atoms with Crippen LogP contribution < -0.4 is 5.32 Å². The van der Waals surface area contributed by atoms with Gasteiger partial charge in [0.2, 0.25) is 0 Å². The summed E-state index contributed by atoms with van der Waals surface area (Å²) >= 11 is 3.70. The van der Waals surface area contributed by atoms with E-state index in [-0.39, 0.29) is 5.41 Å². The number of allylic oxidation sites excluding steroid dienone is 6. The molecule has 2 heterocycles. The highest BCUT2D eigenvalue weighted by molar-refractivity contribution is 9.10. The van der Waals surface area contributed by atoms with Gasteiger partial charge in [0, 0.05) is 43.5 Å². The third kappa shape index (κ3) is 2.39. The molecule has 4 aliphatic carbocycles. The number of fused-ring (bicyclic) bond motifs is 17. The molecule has 0 saturated carbocycles. The first-order chi connectivity index (χ1) is 19.7. The number of aromatic amines is 1. The number of anilines is 1. The Morgan fingerprint density at radius 3 is 2.67 bits per heavy atom. The molecule has 5 aliphatic rings. The van der Waals surface area contributed by atoms with Crippen molar-refractivity contribution < 1.29 is 0 Å². The molecule has 0 amide bonds. The molecule has 2 nitrogen and oxygen atoms in total. The van der Waals surface area contributed by atoms with Crippen LogP contribution in [-0.2, 0) is 5.41 Å². The normalized spacial score (nSPS) is 24.3. The van der Waals surface area contributed by atoms with Crippen LogP contribution in [0.1, 0.15) is 46.6 Å². The molecule has 1 aliphatic heterocycles. The Balaban J connectivity index is 1.35. The van der Waals surface area contributed by atoms with E-state index >= 15 is 0 Å². The molecule has 3 unspecified atom stereocenters. The van der Waals surface area contributed by atoms with Gasteiger partial charge in [-0.15, -0.1) is 0 Å². The van der Waals surface area contributed by atoms with Crippen molar-refractivity contribution in [2.45, 2.75) is 30.2 Å². The fraction of sp³-hybridized carbons (Fsp3) is 0.135. The first-order valence-corrected chi connectivity index (χ1v) is 15.1. The average Bonchev–Trinajstić information content (AvgIpc) is 3.71. The number of hydrogen-bond donors (Lipinski definition) is 2. The van der Waals surface area contributed by atoms with Crippen molar-refractivity contribution in [3.8, 4) is 11.1 Å². The molecule has 190 valence electrons. The van der Waals surface area contributed by atoms with Gasteiger partial charge in [-0.1, -0.05) is 101 Å². The predicted molar refractivity (Wildman–Crippen MR) is 169 cm³/mol. The van der Waals surface area contributed by atoms with Crippen LogP contribution >= 0.6 is 15.9 Å². The Morgan fingerprint density at radius 2 is 1.70 bits per heavy atom. The number of nitrogens with one attached hydrogen (secondary N) is 2. The van der Waals surface area contributed by atoms with Crippen molar-refractivity contribution in [1.29, 1.82) is 0 Å². The van der Waals surface area contributed by atoms with E-state index in [1.807, 2.05) is 0 Å². The molecule has 4 aromatic carbocycles. The summed E-state index contributed by atoms with van der Waals surface area (Å²) in [7, 11) is 0. The van der Waals surface area contributed by atoms with E-state index in [1.165, 1.54) is 72.0 Å². The van der Waals surface area contributed by atoms with E-state index in [9.17, 15) is 0 Å². The molecule has 0 radical (unpaired) electrons. The average molecular weight is 578 g/mol. The van der Waals surface area contributed by atoms with Gasteiger partial charge < -0.3 is 10.3 Å². The van der Waals surface area contributed by atoms with E-state index in [0.717, 1.165) is 17.3 Å². The molecule has 1 aromatic heterocycles. The van der Waals surface area contributed by atoms with Gasteiger partial charge in [0.05, 0.1) is 17.0 Å². The highest BCUT2D eigenvalue weighted by Gasteiger charge is 2.54. The first-order valence-electron chi connectivity index (χ1n) is 14.3. The van der Waals surface area contributed by atoms with Gasteiger partial charge in [-0.3, -0.25) is 0 Å². The topological polar surface area (TPSA) is 27.8 Å². The summed E-state index contributed by atoms with van der Waals surface area (Å²) in [6, 6.07) is 25.8. The largest absolute Gasteiger partial charge is 0.377 e. The third-order valence-corrected chi connectivity index (χ3v) is 10.6. The van der Waals surface area contributed by atoms with E-state index in [1.54, 1.807) is 5.57 Å². The monoisotopic (exact) mass is 576 g/mol. The summed E-state index contributed by atoms with van der Waals surface area (Å²) in [6.45, 7) is 0. The lowest BCUT2D eigenvalue weighted by Gasteiger charge is -2.33. The van der Waals surface area contributed by atoms with Gasteiger partial charge in [0.1, 0.15) is 0 Å². The van der Waals surface area contributed by atoms with Crippen LogP contribution in [0.2, 0.25) is 0 Å². The summed E-state index contributed by atoms with van der Waals surface area (Å²) in [6.07, 6.45) is 16.0. The zero-order valence-electron chi connectivity index (χ0n) is 21.8. The maximum Gasteiger partial charge on any atom is 0.0690 e. The number of aromatic nitrogens is 1. The molecule has 0 bridgehead atoms. The molecule has 3 heteroatoms. The zero-order valence-corrected chi connectivity index (χ0v) is 23.3. The zero-order chi connectivity index (χ0) is 26.2. The van der Waals surface area contributed by atoms with Crippen molar-refractivity contribution in [2.24, 2.45) is 0 Å². The molecular formula is C37H25BrN2. The van der Waals surface area contributed by atoms with E-state index in [0.29, 0.717) is 12.0 Å².